The zero-order valence-electron chi connectivity index (χ0n) is 18.7. The number of nitrogens with zero attached hydrogens (tertiary/aromatic N) is 2. The number of benzene rings is 2. The van der Waals surface area contributed by atoms with Gasteiger partial charge >= 0.3 is 6.03 Å². The van der Waals surface area contributed by atoms with Crippen LogP contribution in [0, 0.1) is 0 Å². The lowest BCUT2D eigenvalue weighted by atomic mass is 10.1. The molecule has 1 fully saturated rings. The van der Waals surface area contributed by atoms with Crippen LogP contribution < -0.4 is 19.7 Å². The molecule has 0 atom stereocenters. The number of anilines is 2. The van der Waals surface area contributed by atoms with E-state index in [1.54, 1.807) is 30.5 Å². The van der Waals surface area contributed by atoms with Crippen LogP contribution in [0.2, 0.25) is 0 Å². The first-order chi connectivity index (χ1) is 16.1. The van der Waals surface area contributed by atoms with Crippen LogP contribution in [0.3, 0.4) is 0 Å². The van der Waals surface area contributed by atoms with Crippen LogP contribution in [-0.4, -0.2) is 44.1 Å². The minimum Gasteiger partial charge on any atom is -0.497 e. The molecule has 33 heavy (non-hydrogen) atoms. The number of thiophene rings is 1. The van der Waals surface area contributed by atoms with Crippen LogP contribution in [0.25, 0.3) is 0 Å². The van der Waals surface area contributed by atoms with Crippen LogP contribution >= 0.6 is 11.3 Å². The Bertz CT molecular complexity index is 1090. The molecule has 3 amide bonds. The van der Waals surface area contributed by atoms with Gasteiger partial charge in [-0.1, -0.05) is 12.1 Å². The molecule has 1 saturated heterocycles. The van der Waals surface area contributed by atoms with Crippen molar-refractivity contribution in [3.8, 4) is 11.5 Å². The molecule has 0 spiro atoms. The molecule has 0 aliphatic carbocycles. The number of nitrogens with one attached hydrogen (secondary N) is 1. The van der Waals surface area contributed by atoms with Crippen LogP contribution in [0.4, 0.5) is 16.2 Å². The molecule has 4 rings (SSSR count). The van der Waals surface area contributed by atoms with Crippen LogP contribution in [0.1, 0.15) is 16.9 Å². The summed E-state index contributed by atoms with van der Waals surface area (Å²) in [6.45, 7) is 1.76. The summed E-state index contributed by atoms with van der Waals surface area (Å²) in [4.78, 5) is 30.3. The molecule has 0 unspecified atom stereocenters. The van der Waals surface area contributed by atoms with Crippen LogP contribution in [0.15, 0.2) is 60.0 Å². The summed E-state index contributed by atoms with van der Waals surface area (Å²) in [5, 5.41) is 4.90. The van der Waals surface area contributed by atoms with Crippen molar-refractivity contribution in [2.45, 2.75) is 19.4 Å². The topological polar surface area (TPSA) is 71.1 Å². The molecule has 172 valence electrons. The van der Waals surface area contributed by atoms with Gasteiger partial charge in [0, 0.05) is 42.0 Å². The summed E-state index contributed by atoms with van der Waals surface area (Å²) in [6, 6.07) is 16.9. The maximum atomic E-state index is 13.3. The first-order valence-electron chi connectivity index (χ1n) is 10.8. The monoisotopic (exact) mass is 465 g/mol. The number of urea groups is 1. The fourth-order valence-corrected chi connectivity index (χ4v) is 4.58. The van der Waals surface area contributed by atoms with E-state index in [2.05, 4.69) is 5.32 Å². The molecule has 1 N–H and O–H groups in total. The molecule has 0 bridgehead atoms. The van der Waals surface area contributed by atoms with Crippen molar-refractivity contribution in [1.29, 1.82) is 0 Å². The molecule has 7 nitrogen and oxygen atoms in total. The Kier molecular flexibility index (Phi) is 7.14. The van der Waals surface area contributed by atoms with Gasteiger partial charge in [0.05, 0.1) is 20.6 Å². The fraction of sp³-hybridized carbons (Fsp3) is 0.280. The van der Waals surface area contributed by atoms with Crippen molar-refractivity contribution in [2.24, 2.45) is 0 Å². The Morgan fingerprint density at radius 3 is 2.52 bits per heavy atom. The number of methoxy groups -OCH3 is 2. The number of carbonyl (C=O) groups is 2. The van der Waals surface area contributed by atoms with Gasteiger partial charge in [0.15, 0.2) is 0 Å². The van der Waals surface area contributed by atoms with Gasteiger partial charge in [-0.15, -0.1) is 11.3 Å². The highest BCUT2D eigenvalue weighted by Gasteiger charge is 2.27. The van der Waals surface area contributed by atoms with Crippen molar-refractivity contribution < 1.29 is 19.1 Å². The molecule has 0 saturated carbocycles. The van der Waals surface area contributed by atoms with E-state index in [9.17, 15) is 9.59 Å². The third kappa shape index (κ3) is 5.64. The number of rotatable bonds is 8. The van der Waals surface area contributed by atoms with Gasteiger partial charge in [-0.25, -0.2) is 4.79 Å². The molecule has 8 heteroatoms. The summed E-state index contributed by atoms with van der Waals surface area (Å²) in [5.74, 6) is 1.31. The minimum absolute atomic E-state index is 0.0647. The highest BCUT2D eigenvalue weighted by molar-refractivity contribution is 7.10. The Morgan fingerprint density at radius 1 is 1.03 bits per heavy atom. The highest BCUT2D eigenvalue weighted by Crippen LogP contribution is 2.27. The van der Waals surface area contributed by atoms with Crippen molar-refractivity contribution in [3.63, 3.8) is 0 Å². The maximum Gasteiger partial charge on any atom is 0.324 e. The average molecular weight is 466 g/mol. The number of hydrogen-bond acceptors (Lipinski definition) is 5. The van der Waals surface area contributed by atoms with E-state index in [0.29, 0.717) is 43.2 Å². The predicted molar refractivity (Wildman–Crippen MR) is 130 cm³/mol. The first kappa shape index (κ1) is 22.7. The molecule has 1 aromatic heterocycles. The molecule has 1 aliphatic rings. The Balaban J connectivity index is 1.45. The van der Waals surface area contributed by atoms with Gasteiger partial charge in [0.25, 0.3) is 0 Å². The second-order valence-electron chi connectivity index (χ2n) is 7.78. The van der Waals surface area contributed by atoms with Crippen LogP contribution in [0.5, 0.6) is 11.5 Å². The highest BCUT2D eigenvalue weighted by atomic mass is 32.1. The lowest BCUT2D eigenvalue weighted by molar-refractivity contribution is -0.115. The molecule has 3 aromatic rings. The van der Waals surface area contributed by atoms with E-state index in [4.69, 9.17) is 9.47 Å². The molecule has 2 aromatic carbocycles. The predicted octanol–water partition coefficient (Wildman–Crippen LogP) is 4.78. The standard InChI is InChI=1S/C25H27N3O4S/c1-31-21-12-18(13-22(15-21)32-2)17-27-9-5-10-28(25(27)30)20-7-3-6-19(14-20)26-24(29)16-23-8-4-11-33-23/h3-4,6-8,11-15H,5,9-10,16-17H2,1-2H3,(H,26,29). The molecule has 1 aliphatic heterocycles. The summed E-state index contributed by atoms with van der Waals surface area (Å²) < 4.78 is 10.7. The normalized spacial score (nSPS) is 13.7. The lowest BCUT2D eigenvalue weighted by Crippen LogP contribution is -2.49. The van der Waals surface area contributed by atoms with Gasteiger partial charge in [-0.05, 0) is 53.8 Å². The van der Waals surface area contributed by atoms with E-state index in [1.165, 1.54) is 0 Å². The van der Waals surface area contributed by atoms with Gasteiger partial charge in [-0.2, -0.15) is 0 Å². The number of carbonyl (C=O) groups excluding carboxylic acids is 2. The van der Waals surface area contributed by atoms with Crippen molar-refractivity contribution in [1.82, 2.24) is 4.90 Å². The van der Waals surface area contributed by atoms with Crippen molar-refractivity contribution in [2.75, 3.05) is 37.5 Å². The molecule has 0 radical (unpaired) electrons. The summed E-state index contributed by atoms with van der Waals surface area (Å²) in [7, 11) is 3.22. The Hall–Kier alpha value is -3.52. The zero-order chi connectivity index (χ0) is 23.2. The number of ether oxygens (including phenoxy) is 2. The third-order valence-corrected chi connectivity index (χ3v) is 6.33. The van der Waals surface area contributed by atoms with Crippen LogP contribution in [-0.2, 0) is 17.8 Å². The summed E-state index contributed by atoms with van der Waals surface area (Å²) in [6.07, 6.45) is 1.18. The van der Waals surface area contributed by atoms with Gasteiger partial charge < -0.3 is 19.7 Å². The third-order valence-electron chi connectivity index (χ3n) is 5.45. The second-order valence-corrected chi connectivity index (χ2v) is 8.82. The van der Waals surface area contributed by atoms with E-state index in [0.717, 1.165) is 22.5 Å². The van der Waals surface area contributed by atoms with E-state index >= 15 is 0 Å². The van der Waals surface area contributed by atoms with Gasteiger partial charge in [0.2, 0.25) is 5.91 Å². The van der Waals surface area contributed by atoms with Gasteiger partial charge in [0.1, 0.15) is 11.5 Å². The Morgan fingerprint density at radius 2 is 1.82 bits per heavy atom. The second kappa shape index (κ2) is 10.4. The average Bonchev–Trinajstić information content (AvgIpc) is 3.33. The number of hydrogen-bond donors (Lipinski definition) is 1. The largest absolute Gasteiger partial charge is 0.497 e. The number of amides is 3. The lowest BCUT2D eigenvalue weighted by Gasteiger charge is -2.36. The van der Waals surface area contributed by atoms with E-state index < -0.39 is 0 Å². The molecular formula is C25H27N3O4S. The maximum absolute atomic E-state index is 13.3. The molecule has 2 heterocycles. The smallest absolute Gasteiger partial charge is 0.324 e. The van der Waals surface area contributed by atoms with E-state index in [-0.39, 0.29) is 11.9 Å². The first-order valence-corrected chi connectivity index (χ1v) is 11.6. The zero-order valence-corrected chi connectivity index (χ0v) is 19.6. The van der Waals surface area contributed by atoms with E-state index in [1.807, 2.05) is 64.9 Å². The van der Waals surface area contributed by atoms with Gasteiger partial charge in [-0.3, -0.25) is 9.69 Å². The Labute approximate surface area is 197 Å². The van der Waals surface area contributed by atoms with Crippen molar-refractivity contribution in [3.05, 3.63) is 70.4 Å². The quantitative estimate of drug-likeness (QED) is 0.520. The van der Waals surface area contributed by atoms with Crippen molar-refractivity contribution >= 4 is 34.6 Å². The fourth-order valence-electron chi connectivity index (χ4n) is 3.87. The molecular weight excluding hydrogens is 438 g/mol. The summed E-state index contributed by atoms with van der Waals surface area (Å²) in [5.41, 5.74) is 2.38. The SMILES string of the molecule is COc1cc(CN2CCCN(c3cccc(NC(=O)Cc4cccs4)c3)C2=O)cc(OC)c1. The summed E-state index contributed by atoms with van der Waals surface area (Å²) >= 11 is 1.56. The minimum atomic E-state index is -0.0758.